The van der Waals surface area contributed by atoms with Crippen LogP contribution in [0.25, 0.3) is 0 Å². The normalized spacial score (nSPS) is 17.4. The molecule has 1 fully saturated rings. The molecule has 34 heavy (non-hydrogen) atoms. The highest BCUT2D eigenvalue weighted by Gasteiger charge is 2.39. The van der Waals surface area contributed by atoms with Crippen molar-refractivity contribution in [3.63, 3.8) is 0 Å². The lowest BCUT2D eigenvalue weighted by Gasteiger charge is -2.17. The third kappa shape index (κ3) is 5.17. The molecule has 178 valence electrons. The van der Waals surface area contributed by atoms with Crippen molar-refractivity contribution in [2.24, 2.45) is 0 Å². The van der Waals surface area contributed by atoms with E-state index in [9.17, 15) is 14.4 Å². The summed E-state index contributed by atoms with van der Waals surface area (Å²) >= 11 is 6.27. The molecule has 2 aromatic rings. The third-order valence-electron chi connectivity index (χ3n) is 6.43. The van der Waals surface area contributed by atoms with E-state index < -0.39 is 11.8 Å². The second kappa shape index (κ2) is 10.4. The lowest BCUT2D eigenvalue weighted by molar-refractivity contribution is -0.120. The van der Waals surface area contributed by atoms with Crippen LogP contribution in [0.3, 0.4) is 0 Å². The van der Waals surface area contributed by atoms with Gasteiger partial charge in [-0.25, -0.2) is 4.90 Å². The summed E-state index contributed by atoms with van der Waals surface area (Å²) in [4.78, 5) is 39.7. The number of halogens is 1. The van der Waals surface area contributed by atoms with Crippen LogP contribution in [0.2, 0.25) is 0 Å². The summed E-state index contributed by atoms with van der Waals surface area (Å²) in [7, 11) is 0. The fourth-order valence-electron chi connectivity index (χ4n) is 4.43. The topological polar surface area (TPSA) is 78.5 Å². The van der Waals surface area contributed by atoms with Gasteiger partial charge in [-0.15, -0.1) is 0 Å². The molecule has 0 radical (unpaired) electrons. The van der Waals surface area contributed by atoms with Gasteiger partial charge in [-0.05, 0) is 54.7 Å². The van der Waals surface area contributed by atoms with Crippen LogP contribution in [-0.4, -0.2) is 23.8 Å². The molecule has 1 aliphatic carbocycles. The van der Waals surface area contributed by atoms with Gasteiger partial charge in [0.05, 0.1) is 5.69 Å². The molecule has 0 bridgehead atoms. The van der Waals surface area contributed by atoms with E-state index >= 15 is 0 Å². The third-order valence-corrected chi connectivity index (χ3v) is 6.78. The quantitative estimate of drug-likeness (QED) is 0.411. The van der Waals surface area contributed by atoms with Crippen LogP contribution >= 0.6 is 11.6 Å². The number of anilines is 2. The highest BCUT2D eigenvalue weighted by atomic mass is 35.5. The number of carbonyl (C=O) groups is 3. The molecule has 0 unspecified atom stereocenters. The molecule has 1 heterocycles. The Morgan fingerprint density at radius 3 is 2.29 bits per heavy atom. The van der Waals surface area contributed by atoms with Crippen LogP contribution < -0.4 is 15.5 Å². The summed E-state index contributed by atoms with van der Waals surface area (Å²) in [5, 5.41) is 5.92. The average Bonchev–Trinajstić information content (AvgIpc) is 3.01. The lowest BCUT2D eigenvalue weighted by Crippen LogP contribution is -2.34. The van der Waals surface area contributed by atoms with Crippen molar-refractivity contribution in [2.45, 2.75) is 64.3 Å². The zero-order valence-electron chi connectivity index (χ0n) is 19.6. The van der Waals surface area contributed by atoms with Crippen LogP contribution in [0, 0.1) is 0 Å². The predicted molar refractivity (Wildman–Crippen MR) is 135 cm³/mol. The monoisotopic (exact) mass is 479 g/mol. The molecule has 6 nitrogen and oxygen atoms in total. The van der Waals surface area contributed by atoms with Gasteiger partial charge in [0.25, 0.3) is 17.7 Å². The number of nitrogens with zero attached hydrogens (tertiary/aromatic N) is 1. The van der Waals surface area contributed by atoms with Gasteiger partial charge in [-0.3, -0.25) is 14.4 Å². The fourth-order valence-corrected chi connectivity index (χ4v) is 4.64. The molecule has 1 aliphatic heterocycles. The van der Waals surface area contributed by atoms with Gasteiger partial charge < -0.3 is 10.6 Å². The molecule has 2 aliphatic rings. The zero-order valence-corrected chi connectivity index (χ0v) is 20.3. The van der Waals surface area contributed by atoms with E-state index in [4.69, 9.17) is 11.6 Å². The van der Waals surface area contributed by atoms with E-state index in [0.717, 1.165) is 36.1 Å². The number of benzene rings is 2. The van der Waals surface area contributed by atoms with Gasteiger partial charge in [0.1, 0.15) is 10.7 Å². The Morgan fingerprint density at radius 1 is 0.971 bits per heavy atom. The molecule has 2 aromatic carbocycles. The number of rotatable bonds is 6. The van der Waals surface area contributed by atoms with E-state index in [1.54, 1.807) is 36.4 Å². The molecule has 0 atom stereocenters. The fraction of sp³-hybridized carbons (Fsp3) is 0.370. The maximum atomic E-state index is 13.1. The average molecular weight is 480 g/mol. The molecule has 3 amide bonds. The SMILES string of the molecule is CC(C)c1ccc(N2C(=O)C(Cl)=C(Nc3cccc(C(=O)NC4CCCCCC4)c3)C2=O)cc1. The van der Waals surface area contributed by atoms with Gasteiger partial charge >= 0.3 is 0 Å². The minimum Gasteiger partial charge on any atom is -0.350 e. The Balaban J connectivity index is 1.48. The molecule has 0 spiro atoms. The van der Waals surface area contributed by atoms with Crippen LogP contribution in [0.4, 0.5) is 11.4 Å². The van der Waals surface area contributed by atoms with E-state index in [-0.39, 0.29) is 22.7 Å². The molecule has 0 saturated heterocycles. The largest absolute Gasteiger partial charge is 0.350 e. The Kier molecular flexibility index (Phi) is 7.37. The van der Waals surface area contributed by atoms with Crippen LogP contribution in [0.1, 0.15) is 74.2 Å². The zero-order chi connectivity index (χ0) is 24.2. The van der Waals surface area contributed by atoms with E-state index in [1.165, 1.54) is 12.8 Å². The van der Waals surface area contributed by atoms with Crippen LogP contribution in [0.5, 0.6) is 0 Å². The van der Waals surface area contributed by atoms with E-state index in [2.05, 4.69) is 24.5 Å². The predicted octanol–water partition coefficient (Wildman–Crippen LogP) is 5.70. The number of hydrogen-bond donors (Lipinski definition) is 2. The molecule has 1 saturated carbocycles. The van der Waals surface area contributed by atoms with Gasteiger partial charge in [0.15, 0.2) is 0 Å². The highest BCUT2D eigenvalue weighted by Crippen LogP contribution is 2.31. The van der Waals surface area contributed by atoms with Crippen molar-refractivity contribution in [1.29, 1.82) is 0 Å². The molecule has 4 rings (SSSR count). The first kappa shape index (κ1) is 24.0. The minimum absolute atomic E-state index is 0.000860. The summed E-state index contributed by atoms with van der Waals surface area (Å²) in [6, 6.07) is 14.4. The summed E-state index contributed by atoms with van der Waals surface area (Å²) in [6.45, 7) is 4.15. The van der Waals surface area contributed by atoms with Crippen molar-refractivity contribution in [3.05, 3.63) is 70.4 Å². The first-order valence-corrected chi connectivity index (χ1v) is 12.3. The first-order valence-electron chi connectivity index (χ1n) is 11.9. The van der Waals surface area contributed by atoms with Crippen molar-refractivity contribution in [2.75, 3.05) is 10.2 Å². The molecule has 2 N–H and O–H groups in total. The minimum atomic E-state index is -0.575. The summed E-state index contributed by atoms with van der Waals surface area (Å²) in [5.74, 6) is -0.907. The standard InChI is InChI=1S/C27H30ClN3O3/c1-17(2)18-12-14-22(15-13-18)31-26(33)23(28)24(27(31)34)29-21-11-7-8-19(16-21)25(32)30-20-9-5-3-4-6-10-20/h7-8,11-17,20,29H,3-6,9-10H2,1-2H3,(H,30,32). The lowest BCUT2D eigenvalue weighted by atomic mass is 10.0. The smallest absolute Gasteiger partial charge is 0.283 e. The Bertz CT molecular complexity index is 1120. The number of hydrogen-bond acceptors (Lipinski definition) is 4. The van der Waals surface area contributed by atoms with Crippen LogP contribution in [-0.2, 0) is 9.59 Å². The Hall–Kier alpha value is -3.12. The first-order chi connectivity index (χ1) is 16.3. The maximum Gasteiger partial charge on any atom is 0.283 e. The van der Waals surface area contributed by atoms with E-state index in [1.807, 2.05) is 12.1 Å². The van der Waals surface area contributed by atoms with Crippen molar-refractivity contribution in [1.82, 2.24) is 5.32 Å². The van der Waals surface area contributed by atoms with Gasteiger partial charge in [0.2, 0.25) is 0 Å². The number of carbonyl (C=O) groups excluding carboxylic acids is 3. The summed E-state index contributed by atoms with van der Waals surface area (Å²) in [5.41, 5.74) is 2.58. The van der Waals surface area contributed by atoms with Gasteiger partial charge in [-0.2, -0.15) is 0 Å². The van der Waals surface area contributed by atoms with Crippen LogP contribution in [0.15, 0.2) is 59.3 Å². The highest BCUT2D eigenvalue weighted by molar-refractivity contribution is 6.53. The van der Waals surface area contributed by atoms with Crippen molar-refractivity contribution >= 4 is 40.7 Å². The number of amides is 3. The van der Waals surface area contributed by atoms with E-state index in [0.29, 0.717) is 22.9 Å². The number of imide groups is 1. The van der Waals surface area contributed by atoms with Crippen molar-refractivity contribution < 1.29 is 14.4 Å². The molecule has 0 aromatic heterocycles. The van der Waals surface area contributed by atoms with Crippen molar-refractivity contribution in [3.8, 4) is 0 Å². The Morgan fingerprint density at radius 2 is 1.65 bits per heavy atom. The maximum absolute atomic E-state index is 13.1. The Labute approximate surface area is 205 Å². The second-order valence-electron chi connectivity index (χ2n) is 9.25. The molecule has 7 heteroatoms. The van der Waals surface area contributed by atoms with Gasteiger partial charge in [0, 0.05) is 17.3 Å². The summed E-state index contributed by atoms with van der Waals surface area (Å²) in [6.07, 6.45) is 6.69. The molecular formula is C27H30ClN3O3. The molecular weight excluding hydrogens is 450 g/mol. The second-order valence-corrected chi connectivity index (χ2v) is 9.63. The summed E-state index contributed by atoms with van der Waals surface area (Å²) < 4.78 is 0. The number of nitrogens with one attached hydrogen (secondary N) is 2. The van der Waals surface area contributed by atoms with Gasteiger partial charge in [-0.1, -0.05) is 69.3 Å².